The Bertz CT molecular complexity index is 563. The molecule has 2 rings (SSSR count). The van der Waals surface area contributed by atoms with E-state index < -0.39 is 0 Å². The van der Waals surface area contributed by atoms with E-state index in [0.717, 1.165) is 0 Å². The molecule has 8 heteroatoms. The first-order valence-corrected chi connectivity index (χ1v) is 4.75. The number of aromatic nitrogens is 5. The van der Waals surface area contributed by atoms with Crippen molar-refractivity contribution in [2.45, 2.75) is 6.54 Å². The predicted octanol–water partition coefficient (Wildman–Crippen LogP) is -0.478. The van der Waals surface area contributed by atoms with Crippen LogP contribution in [0.4, 0.5) is 5.82 Å². The Morgan fingerprint density at radius 1 is 1.65 bits per heavy atom. The van der Waals surface area contributed by atoms with E-state index in [4.69, 9.17) is 5.26 Å². The van der Waals surface area contributed by atoms with Crippen LogP contribution < -0.4 is 5.32 Å². The number of carbonyl (C=O) groups excluding carboxylic acids is 1. The summed E-state index contributed by atoms with van der Waals surface area (Å²) in [6.45, 7) is 0.0292. The lowest BCUT2D eigenvalue weighted by molar-refractivity contribution is -0.116. The maximum Gasteiger partial charge on any atom is 0.247 e. The Hall–Kier alpha value is -2.69. The van der Waals surface area contributed by atoms with Crippen molar-refractivity contribution in [1.29, 1.82) is 5.26 Å². The van der Waals surface area contributed by atoms with Crippen molar-refractivity contribution in [2.24, 2.45) is 7.05 Å². The largest absolute Gasteiger partial charge is 0.306 e. The van der Waals surface area contributed by atoms with E-state index in [0.29, 0.717) is 5.56 Å². The zero-order valence-electron chi connectivity index (χ0n) is 9.03. The quantitative estimate of drug-likeness (QED) is 0.768. The van der Waals surface area contributed by atoms with Crippen LogP contribution >= 0.6 is 0 Å². The van der Waals surface area contributed by atoms with Gasteiger partial charge in [-0.15, -0.1) is 0 Å². The highest BCUT2D eigenvalue weighted by molar-refractivity contribution is 5.90. The fraction of sp³-hybridized carbons (Fsp3) is 0.222. The topological polar surface area (TPSA) is 101 Å². The molecule has 17 heavy (non-hydrogen) atoms. The van der Waals surface area contributed by atoms with E-state index in [-0.39, 0.29) is 18.3 Å². The maximum atomic E-state index is 11.6. The molecule has 2 heterocycles. The van der Waals surface area contributed by atoms with Crippen molar-refractivity contribution >= 4 is 11.7 Å². The third-order valence-electron chi connectivity index (χ3n) is 1.98. The lowest BCUT2D eigenvalue weighted by Gasteiger charge is -2.01. The molecule has 1 N–H and O–H groups in total. The van der Waals surface area contributed by atoms with Gasteiger partial charge in [-0.1, -0.05) is 0 Å². The smallest absolute Gasteiger partial charge is 0.247 e. The second kappa shape index (κ2) is 4.44. The SMILES string of the molecule is Cn1cc(C#N)c(NC(=O)Cn2cncn2)n1. The second-order valence-electron chi connectivity index (χ2n) is 3.32. The summed E-state index contributed by atoms with van der Waals surface area (Å²) in [5.74, 6) is -0.0641. The normalized spacial score (nSPS) is 9.88. The number of carbonyl (C=O) groups is 1. The Morgan fingerprint density at radius 2 is 2.47 bits per heavy atom. The molecule has 2 aromatic rings. The van der Waals surface area contributed by atoms with Gasteiger partial charge in [-0.2, -0.15) is 15.5 Å². The van der Waals surface area contributed by atoms with Gasteiger partial charge in [0.05, 0.1) is 0 Å². The Kier molecular flexibility index (Phi) is 2.83. The van der Waals surface area contributed by atoms with Crippen LogP contribution in [-0.4, -0.2) is 30.5 Å². The van der Waals surface area contributed by atoms with Crippen LogP contribution in [0, 0.1) is 11.3 Å². The van der Waals surface area contributed by atoms with E-state index in [1.807, 2.05) is 6.07 Å². The Morgan fingerprint density at radius 3 is 3.12 bits per heavy atom. The van der Waals surface area contributed by atoms with Crippen LogP contribution in [0.2, 0.25) is 0 Å². The zero-order chi connectivity index (χ0) is 12.3. The first-order valence-electron chi connectivity index (χ1n) is 4.75. The number of anilines is 1. The number of nitriles is 1. The molecule has 1 amide bonds. The van der Waals surface area contributed by atoms with Crippen LogP contribution in [0.15, 0.2) is 18.9 Å². The number of amides is 1. The molecule has 0 bridgehead atoms. The lowest BCUT2D eigenvalue weighted by Crippen LogP contribution is -2.19. The minimum atomic E-state index is -0.314. The second-order valence-corrected chi connectivity index (χ2v) is 3.32. The minimum absolute atomic E-state index is 0.0292. The van der Waals surface area contributed by atoms with Crippen molar-refractivity contribution in [3.63, 3.8) is 0 Å². The number of rotatable bonds is 3. The first kappa shape index (κ1) is 10.8. The zero-order valence-corrected chi connectivity index (χ0v) is 9.03. The van der Waals surface area contributed by atoms with Gasteiger partial charge in [-0.05, 0) is 0 Å². The van der Waals surface area contributed by atoms with E-state index >= 15 is 0 Å². The average molecular weight is 231 g/mol. The van der Waals surface area contributed by atoms with Crippen LogP contribution in [0.25, 0.3) is 0 Å². The molecule has 0 radical (unpaired) electrons. The molecule has 0 spiro atoms. The molecule has 86 valence electrons. The van der Waals surface area contributed by atoms with Gasteiger partial charge in [0.1, 0.15) is 30.8 Å². The molecule has 0 aliphatic carbocycles. The third-order valence-corrected chi connectivity index (χ3v) is 1.98. The number of hydrogen-bond acceptors (Lipinski definition) is 5. The van der Waals surface area contributed by atoms with Gasteiger partial charge >= 0.3 is 0 Å². The van der Waals surface area contributed by atoms with Gasteiger partial charge in [-0.25, -0.2) is 9.67 Å². The minimum Gasteiger partial charge on any atom is -0.306 e. The van der Waals surface area contributed by atoms with Crippen molar-refractivity contribution in [3.8, 4) is 6.07 Å². The fourth-order valence-electron chi connectivity index (χ4n) is 1.30. The van der Waals surface area contributed by atoms with E-state index in [1.54, 1.807) is 7.05 Å². The Labute approximate surface area is 96.5 Å². The van der Waals surface area contributed by atoms with Gasteiger partial charge in [0.15, 0.2) is 5.82 Å². The Balaban J connectivity index is 2.06. The lowest BCUT2D eigenvalue weighted by atomic mass is 10.3. The molecule has 8 nitrogen and oxygen atoms in total. The standard InChI is InChI=1S/C9H9N7O/c1-15-3-7(2-10)9(14-15)13-8(17)4-16-6-11-5-12-16/h3,5-6H,4H2,1H3,(H,13,14,17). The number of hydrogen-bond donors (Lipinski definition) is 1. The summed E-state index contributed by atoms with van der Waals surface area (Å²) in [6, 6.07) is 1.95. The highest BCUT2D eigenvalue weighted by atomic mass is 16.2. The fourth-order valence-corrected chi connectivity index (χ4v) is 1.30. The predicted molar refractivity (Wildman–Crippen MR) is 56.6 cm³/mol. The molecule has 0 saturated heterocycles. The van der Waals surface area contributed by atoms with Crippen LogP contribution in [-0.2, 0) is 18.4 Å². The number of nitrogens with one attached hydrogen (secondary N) is 1. The van der Waals surface area contributed by atoms with Gasteiger partial charge in [0, 0.05) is 13.2 Å². The van der Waals surface area contributed by atoms with Crippen molar-refractivity contribution < 1.29 is 4.79 Å². The highest BCUT2D eigenvalue weighted by Gasteiger charge is 2.11. The summed E-state index contributed by atoms with van der Waals surface area (Å²) >= 11 is 0. The average Bonchev–Trinajstić information content (AvgIpc) is 2.88. The molecule has 2 aromatic heterocycles. The summed E-state index contributed by atoms with van der Waals surface area (Å²) in [7, 11) is 1.67. The molecule has 0 atom stereocenters. The summed E-state index contributed by atoms with van der Waals surface area (Å²) < 4.78 is 2.84. The maximum absolute atomic E-state index is 11.6. The van der Waals surface area contributed by atoms with Gasteiger partial charge in [-0.3, -0.25) is 9.48 Å². The van der Waals surface area contributed by atoms with Crippen LogP contribution in [0.3, 0.4) is 0 Å². The molecule has 0 saturated carbocycles. The molecule has 0 aromatic carbocycles. The monoisotopic (exact) mass is 231 g/mol. The van der Waals surface area contributed by atoms with E-state index in [2.05, 4.69) is 20.5 Å². The van der Waals surface area contributed by atoms with Crippen molar-refractivity contribution in [2.75, 3.05) is 5.32 Å². The summed E-state index contributed by atoms with van der Waals surface area (Å²) in [5, 5.41) is 19.1. The van der Waals surface area contributed by atoms with Gasteiger partial charge in [0.25, 0.3) is 0 Å². The van der Waals surface area contributed by atoms with Gasteiger partial charge < -0.3 is 5.32 Å². The number of aryl methyl sites for hydroxylation is 1. The highest BCUT2D eigenvalue weighted by Crippen LogP contribution is 2.10. The molecule has 0 fully saturated rings. The summed E-state index contributed by atoms with van der Waals surface area (Å²) in [6.07, 6.45) is 4.31. The van der Waals surface area contributed by atoms with E-state index in [1.165, 1.54) is 28.2 Å². The van der Waals surface area contributed by atoms with Crippen LogP contribution in [0.5, 0.6) is 0 Å². The molecule has 0 unspecified atom stereocenters. The van der Waals surface area contributed by atoms with Crippen molar-refractivity contribution in [3.05, 3.63) is 24.4 Å². The van der Waals surface area contributed by atoms with Crippen molar-refractivity contribution in [1.82, 2.24) is 24.5 Å². The first-order chi connectivity index (χ1) is 8.19. The summed E-state index contributed by atoms with van der Waals surface area (Å²) in [5.41, 5.74) is 0.319. The number of nitrogens with zero attached hydrogens (tertiary/aromatic N) is 6. The molecular formula is C9H9N7O. The molecule has 0 aliphatic heterocycles. The third kappa shape index (κ3) is 2.46. The van der Waals surface area contributed by atoms with Crippen LogP contribution in [0.1, 0.15) is 5.56 Å². The molecular weight excluding hydrogens is 222 g/mol. The molecule has 0 aliphatic rings. The summed E-state index contributed by atoms with van der Waals surface area (Å²) in [4.78, 5) is 15.3. The van der Waals surface area contributed by atoms with E-state index in [9.17, 15) is 4.79 Å². The van der Waals surface area contributed by atoms with Gasteiger partial charge in [0.2, 0.25) is 5.91 Å².